The maximum Gasteiger partial charge on any atom is 0.404 e. The predicted molar refractivity (Wildman–Crippen MR) is 129 cm³/mol. The van der Waals surface area contributed by atoms with E-state index in [9.17, 15) is 4.79 Å². The Balaban J connectivity index is 1.49. The first kappa shape index (κ1) is 21.9. The van der Waals surface area contributed by atoms with Gasteiger partial charge in [0, 0.05) is 22.1 Å². The largest absolute Gasteiger partial charge is 0.488 e. The standard InChI is InChI=1S/C25H25N5O3/c1-2-17-8-7-16(15-33-23-10-9-21(26)19-5-3-4-6-20(19)23)11-22(17)30-24-14-27-18(12-28-24)13-29-25(31)32/h3-12,14,29H,2,13,15,26H2,1H3,(H,28,30)(H,31,32). The molecule has 8 nitrogen and oxygen atoms in total. The first-order valence-electron chi connectivity index (χ1n) is 10.6. The van der Waals surface area contributed by atoms with Gasteiger partial charge in [-0.15, -0.1) is 0 Å². The Morgan fingerprint density at radius 1 is 1.06 bits per heavy atom. The second kappa shape index (κ2) is 9.86. The highest BCUT2D eigenvalue weighted by Gasteiger charge is 2.08. The van der Waals surface area contributed by atoms with Gasteiger partial charge in [0.05, 0.1) is 24.6 Å². The maximum atomic E-state index is 10.6. The Hall–Kier alpha value is -4.33. The minimum absolute atomic E-state index is 0.107. The fourth-order valence-electron chi connectivity index (χ4n) is 3.53. The van der Waals surface area contributed by atoms with Crippen LogP contribution in [0.25, 0.3) is 10.8 Å². The van der Waals surface area contributed by atoms with Crippen molar-refractivity contribution in [1.29, 1.82) is 0 Å². The molecule has 0 spiro atoms. The number of carbonyl (C=O) groups is 1. The lowest BCUT2D eigenvalue weighted by Crippen LogP contribution is -2.20. The third kappa shape index (κ3) is 5.30. The van der Waals surface area contributed by atoms with Gasteiger partial charge in [-0.1, -0.05) is 43.3 Å². The quantitative estimate of drug-likeness (QED) is 0.287. The molecule has 33 heavy (non-hydrogen) atoms. The summed E-state index contributed by atoms with van der Waals surface area (Å²) in [5.74, 6) is 1.36. The molecule has 4 aromatic rings. The van der Waals surface area contributed by atoms with E-state index in [1.165, 1.54) is 0 Å². The highest BCUT2D eigenvalue weighted by Crippen LogP contribution is 2.31. The molecule has 1 amide bonds. The molecule has 3 aromatic carbocycles. The number of hydrogen-bond donors (Lipinski definition) is 4. The molecule has 0 atom stereocenters. The summed E-state index contributed by atoms with van der Waals surface area (Å²) in [7, 11) is 0. The van der Waals surface area contributed by atoms with Gasteiger partial charge in [0.2, 0.25) is 0 Å². The van der Waals surface area contributed by atoms with Crippen molar-refractivity contribution in [1.82, 2.24) is 15.3 Å². The molecule has 0 unspecified atom stereocenters. The third-order valence-corrected chi connectivity index (χ3v) is 5.26. The monoisotopic (exact) mass is 443 g/mol. The molecule has 8 heteroatoms. The summed E-state index contributed by atoms with van der Waals surface area (Å²) >= 11 is 0. The molecule has 0 saturated carbocycles. The summed E-state index contributed by atoms with van der Waals surface area (Å²) < 4.78 is 6.13. The number of hydrogen-bond acceptors (Lipinski definition) is 6. The number of rotatable bonds is 8. The van der Waals surface area contributed by atoms with Crippen LogP contribution in [0.5, 0.6) is 5.75 Å². The van der Waals surface area contributed by atoms with Crippen molar-refractivity contribution in [3.63, 3.8) is 0 Å². The first-order chi connectivity index (χ1) is 16.0. The number of aryl methyl sites for hydroxylation is 1. The number of ether oxygens (including phenoxy) is 1. The summed E-state index contributed by atoms with van der Waals surface area (Å²) in [5.41, 5.74) is 10.4. The lowest BCUT2D eigenvalue weighted by atomic mass is 10.1. The van der Waals surface area contributed by atoms with Gasteiger partial charge in [0.15, 0.2) is 0 Å². The molecule has 168 valence electrons. The molecule has 0 saturated heterocycles. The normalized spacial score (nSPS) is 10.7. The average Bonchev–Trinajstić information content (AvgIpc) is 2.83. The first-order valence-corrected chi connectivity index (χ1v) is 10.6. The number of fused-ring (bicyclic) bond motifs is 1. The van der Waals surface area contributed by atoms with E-state index in [2.05, 4.69) is 39.7 Å². The Kier molecular flexibility index (Phi) is 6.54. The van der Waals surface area contributed by atoms with Crippen molar-refractivity contribution in [3.05, 3.63) is 83.8 Å². The zero-order chi connectivity index (χ0) is 23.2. The summed E-state index contributed by atoms with van der Waals surface area (Å²) in [4.78, 5) is 19.2. The Bertz CT molecular complexity index is 1280. The van der Waals surface area contributed by atoms with Crippen LogP contribution >= 0.6 is 0 Å². The molecule has 0 fully saturated rings. The van der Waals surface area contributed by atoms with Crippen molar-refractivity contribution in [2.45, 2.75) is 26.5 Å². The van der Waals surface area contributed by atoms with Crippen LogP contribution in [-0.4, -0.2) is 21.2 Å². The predicted octanol–water partition coefficient (Wildman–Crippen LogP) is 4.86. The molecule has 0 aliphatic rings. The minimum atomic E-state index is -1.10. The van der Waals surface area contributed by atoms with E-state index in [0.717, 1.165) is 45.4 Å². The van der Waals surface area contributed by atoms with Crippen LogP contribution in [0, 0.1) is 0 Å². The maximum absolute atomic E-state index is 10.6. The van der Waals surface area contributed by atoms with Crippen LogP contribution < -0.4 is 21.1 Å². The molecule has 0 aliphatic heterocycles. The van der Waals surface area contributed by atoms with E-state index in [4.69, 9.17) is 15.6 Å². The van der Waals surface area contributed by atoms with Crippen LogP contribution in [0.1, 0.15) is 23.7 Å². The van der Waals surface area contributed by atoms with Gasteiger partial charge in [0.1, 0.15) is 18.2 Å². The van der Waals surface area contributed by atoms with E-state index < -0.39 is 6.09 Å². The van der Waals surface area contributed by atoms with Crippen LogP contribution in [-0.2, 0) is 19.6 Å². The summed E-state index contributed by atoms with van der Waals surface area (Å²) in [6.45, 7) is 2.59. The summed E-state index contributed by atoms with van der Waals surface area (Å²) in [6, 6.07) is 17.8. The van der Waals surface area contributed by atoms with Gasteiger partial charge < -0.3 is 26.2 Å². The topological polar surface area (TPSA) is 122 Å². The van der Waals surface area contributed by atoms with Gasteiger partial charge in [0.25, 0.3) is 0 Å². The number of aromatic nitrogens is 2. The molecule has 1 aromatic heterocycles. The summed E-state index contributed by atoms with van der Waals surface area (Å²) in [6.07, 6.45) is 2.88. The second-order valence-corrected chi connectivity index (χ2v) is 7.51. The number of nitrogen functional groups attached to an aromatic ring is 1. The molecule has 0 aliphatic carbocycles. The van der Waals surface area contributed by atoms with E-state index in [0.29, 0.717) is 18.1 Å². The average molecular weight is 444 g/mol. The highest BCUT2D eigenvalue weighted by molar-refractivity contribution is 5.97. The molecular weight excluding hydrogens is 418 g/mol. The van der Waals surface area contributed by atoms with E-state index in [-0.39, 0.29) is 6.54 Å². The van der Waals surface area contributed by atoms with E-state index in [1.54, 1.807) is 12.4 Å². The molecule has 0 bridgehead atoms. The zero-order valence-corrected chi connectivity index (χ0v) is 18.2. The second-order valence-electron chi connectivity index (χ2n) is 7.51. The molecule has 5 N–H and O–H groups in total. The Labute approximate surface area is 191 Å². The molecule has 0 radical (unpaired) electrons. The number of carboxylic acid groups (broad SMARTS) is 1. The Morgan fingerprint density at radius 3 is 2.61 bits per heavy atom. The van der Waals surface area contributed by atoms with Crippen LogP contribution in [0.3, 0.4) is 0 Å². The summed E-state index contributed by atoms with van der Waals surface area (Å²) in [5, 5.41) is 16.2. The van der Waals surface area contributed by atoms with Gasteiger partial charge in [-0.25, -0.2) is 9.78 Å². The van der Waals surface area contributed by atoms with Crippen LogP contribution in [0.15, 0.2) is 67.0 Å². The van der Waals surface area contributed by atoms with Crippen LogP contribution in [0.2, 0.25) is 0 Å². The van der Waals surface area contributed by atoms with Gasteiger partial charge in [-0.2, -0.15) is 0 Å². The number of nitrogens with zero attached hydrogens (tertiary/aromatic N) is 2. The van der Waals surface area contributed by atoms with Gasteiger partial charge in [-0.05, 0) is 35.7 Å². The van der Waals surface area contributed by atoms with E-state index in [1.807, 2.05) is 42.5 Å². The number of anilines is 3. The molecule has 1 heterocycles. The van der Waals surface area contributed by atoms with Crippen molar-refractivity contribution < 1.29 is 14.6 Å². The molecule has 4 rings (SSSR count). The number of nitrogens with two attached hydrogens (primary N) is 1. The smallest absolute Gasteiger partial charge is 0.404 e. The third-order valence-electron chi connectivity index (χ3n) is 5.26. The fourth-order valence-corrected chi connectivity index (χ4v) is 3.53. The zero-order valence-electron chi connectivity index (χ0n) is 18.2. The van der Waals surface area contributed by atoms with Crippen LogP contribution in [0.4, 0.5) is 22.0 Å². The van der Waals surface area contributed by atoms with Crippen molar-refractivity contribution in [3.8, 4) is 5.75 Å². The van der Waals surface area contributed by atoms with Crippen molar-refractivity contribution >= 4 is 34.1 Å². The SMILES string of the molecule is CCc1ccc(COc2ccc(N)c3ccccc23)cc1Nc1cnc(CNC(=O)O)cn1. The van der Waals surface area contributed by atoms with Gasteiger partial charge >= 0.3 is 6.09 Å². The molecular formula is C25H25N5O3. The van der Waals surface area contributed by atoms with Gasteiger partial charge in [-0.3, -0.25) is 4.98 Å². The minimum Gasteiger partial charge on any atom is -0.488 e. The lowest BCUT2D eigenvalue weighted by Gasteiger charge is -2.14. The number of benzene rings is 3. The number of nitrogens with one attached hydrogen (secondary N) is 2. The Morgan fingerprint density at radius 2 is 1.88 bits per heavy atom. The van der Waals surface area contributed by atoms with E-state index >= 15 is 0 Å². The highest BCUT2D eigenvalue weighted by atomic mass is 16.5. The lowest BCUT2D eigenvalue weighted by molar-refractivity contribution is 0.194. The van der Waals surface area contributed by atoms with Crippen molar-refractivity contribution in [2.24, 2.45) is 0 Å². The fraction of sp³-hybridized carbons (Fsp3) is 0.160. The number of amides is 1. The van der Waals surface area contributed by atoms with Crippen molar-refractivity contribution in [2.75, 3.05) is 11.1 Å².